The van der Waals surface area contributed by atoms with Gasteiger partial charge in [-0.05, 0) is 33.6 Å². The standard InChI is InChI=1S/C14H28N2O3/c1-7-9-16(10-8-2)12(17)11-15(6)13(18)19-14(3,4)5/h7-11H2,1-6H3. The lowest BCUT2D eigenvalue weighted by atomic mass is 10.2. The first-order valence-electron chi connectivity index (χ1n) is 6.93. The molecule has 0 spiro atoms. The van der Waals surface area contributed by atoms with Crippen LogP contribution in [-0.4, -0.2) is 54.1 Å². The van der Waals surface area contributed by atoms with Crippen LogP contribution in [0.5, 0.6) is 0 Å². The van der Waals surface area contributed by atoms with Gasteiger partial charge in [0.25, 0.3) is 0 Å². The van der Waals surface area contributed by atoms with Crippen molar-refractivity contribution < 1.29 is 14.3 Å². The minimum atomic E-state index is -0.541. The first-order valence-corrected chi connectivity index (χ1v) is 6.93. The summed E-state index contributed by atoms with van der Waals surface area (Å²) in [6, 6.07) is 0. The van der Waals surface area contributed by atoms with Crippen molar-refractivity contribution in [2.24, 2.45) is 0 Å². The molecule has 0 aliphatic rings. The lowest BCUT2D eigenvalue weighted by Gasteiger charge is -2.27. The normalized spacial score (nSPS) is 11.1. The predicted molar refractivity (Wildman–Crippen MR) is 76.0 cm³/mol. The van der Waals surface area contributed by atoms with Crippen molar-refractivity contribution in [3.63, 3.8) is 0 Å². The second-order valence-corrected chi connectivity index (χ2v) is 5.72. The maximum atomic E-state index is 12.1. The Balaban J connectivity index is 4.40. The molecule has 0 fully saturated rings. The summed E-state index contributed by atoms with van der Waals surface area (Å²) in [5.74, 6) is -0.0305. The Morgan fingerprint density at radius 1 is 1.05 bits per heavy atom. The Labute approximate surface area is 116 Å². The van der Waals surface area contributed by atoms with Gasteiger partial charge in [-0.3, -0.25) is 4.79 Å². The fourth-order valence-electron chi connectivity index (χ4n) is 1.61. The van der Waals surface area contributed by atoms with E-state index >= 15 is 0 Å². The number of rotatable bonds is 6. The SMILES string of the molecule is CCCN(CCC)C(=O)CN(C)C(=O)OC(C)(C)C. The molecular weight excluding hydrogens is 244 g/mol. The highest BCUT2D eigenvalue weighted by atomic mass is 16.6. The number of amides is 2. The van der Waals surface area contributed by atoms with Crippen LogP contribution in [0.15, 0.2) is 0 Å². The van der Waals surface area contributed by atoms with Gasteiger partial charge in [-0.25, -0.2) is 4.79 Å². The van der Waals surface area contributed by atoms with Gasteiger partial charge in [0.15, 0.2) is 0 Å². The minimum Gasteiger partial charge on any atom is -0.444 e. The van der Waals surface area contributed by atoms with Crippen LogP contribution < -0.4 is 0 Å². The molecule has 0 heterocycles. The van der Waals surface area contributed by atoms with E-state index in [1.807, 2.05) is 13.8 Å². The number of carbonyl (C=O) groups is 2. The number of hydrogen-bond donors (Lipinski definition) is 0. The fourth-order valence-corrected chi connectivity index (χ4v) is 1.61. The fraction of sp³-hybridized carbons (Fsp3) is 0.857. The average Bonchev–Trinajstić information content (AvgIpc) is 2.26. The Bertz CT molecular complexity index is 292. The van der Waals surface area contributed by atoms with Gasteiger partial charge in [0.1, 0.15) is 12.1 Å². The van der Waals surface area contributed by atoms with E-state index in [9.17, 15) is 9.59 Å². The van der Waals surface area contributed by atoms with E-state index in [0.29, 0.717) is 0 Å². The quantitative estimate of drug-likeness (QED) is 0.746. The van der Waals surface area contributed by atoms with Gasteiger partial charge in [-0.15, -0.1) is 0 Å². The molecule has 0 saturated carbocycles. The molecule has 0 radical (unpaired) electrons. The van der Waals surface area contributed by atoms with E-state index in [2.05, 4.69) is 0 Å². The zero-order valence-electron chi connectivity index (χ0n) is 13.2. The van der Waals surface area contributed by atoms with E-state index in [-0.39, 0.29) is 12.5 Å². The third kappa shape index (κ3) is 7.70. The molecule has 0 bridgehead atoms. The van der Waals surface area contributed by atoms with Crippen molar-refractivity contribution in [3.8, 4) is 0 Å². The Hall–Kier alpha value is -1.26. The van der Waals surface area contributed by atoms with Crippen LogP contribution in [0.1, 0.15) is 47.5 Å². The summed E-state index contributed by atoms with van der Waals surface area (Å²) in [5.41, 5.74) is -0.541. The summed E-state index contributed by atoms with van der Waals surface area (Å²) in [6.07, 6.45) is 1.37. The van der Waals surface area contributed by atoms with Crippen molar-refractivity contribution in [2.75, 3.05) is 26.7 Å². The maximum Gasteiger partial charge on any atom is 0.410 e. The molecule has 19 heavy (non-hydrogen) atoms. The van der Waals surface area contributed by atoms with E-state index in [1.54, 1.807) is 32.7 Å². The minimum absolute atomic E-state index is 0.0305. The number of nitrogens with zero attached hydrogens (tertiary/aromatic N) is 2. The van der Waals surface area contributed by atoms with Crippen LogP contribution in [0.3, 0.4) is 0 Å². The van der Waals surface area contributed by atoms with Crippen molar-refractivity contribution in [1.82, 2.24) is 9.80 Å². The van der Waals surface area contributed by atoms with Gasteiger partial charge in [0.2, 0.25) is 5.91 Å². The first kappa shape index (κ1) is 17.7. The summed E-state index contributed by atoms with van der Waals surface area (Å²) in [7, 11) is 1.59. The van der Waals surface area contributed by atoms with Crippen molar-refractivity contribution >= 4 is 12.0 Å². The van der Waals surface area contributed by atoms with Crippen LogP contribution in [0.25, 0.3) is 0 Å². The lowest BCUT2D eigenvalue weighted by molar-refractivity contribution is -0.132. The van der Waals surface area contributed by atoms with Gasteiger partial charge in [0, 0.05) is 20.1 Å². The van der Waals surface area contributed by atoms with Crippen LogP contribution >= 0.6 is 0 Å². The maximum absolute atomic E-state index is 12.1. The molecular formula is C14H28N2O3. The molecule has 5 heteroatoms. The predicted octanol–water partition coefficient (Wildman–Crippen LogP) is 2.50. The zero-order chi connectivity index (χ0) is 15.1. The van der Waals surface area contributed by atoms with E-state index in [4.69, 9.17) is 4.74 Å². The zero-order valence-corrected chi connectivity index (χ0v) is 13.2. The highest BCUT2D eigenvalue weighted by Gasteiger charge is 2.22. The van der Waals surface area contributed by atoms with Gasteiger partial charge in [-0.1, -0.05) is 13.8 Å². The van der Waals surface area contributed by atoms with E-state index < -0.39 is 11.7 Å². The van der Waals surface area contributed by atoms with E-state index in [1.165, 1.54) is 4.90 Å². The lowest BCUT2D eigenvalue weighted by Crippen LogP contribution is -2.43. The molecule has 0 atom stereocenters. The third-order valence-corrected chi connectivity index (χ3v) is 2.42. The van der Waals surface area contributed by atoms with Crippen LogP contribution in [0, 0.1) is 0 Å². The van der Waals surface area contributed by atoms with Crippen LogP contribution in [0.4, 0.5) is 4.79 Å². The van der Waals surface area contributed by atoms with Gasteiger partial charge < -0.3 is 14.5 Å². The molecule has 0 saturated heterocycles. The number of carbonyl (C=O) groups excluding carboxylic acids is 2. The highest BCUT2D eigenvalue weighted by molar-refractivity contribution is 5.82. The topological polar surface area (TPSA) is 49.9 Å². The van der Waals surface area contributed by atoms with Crippen LogP contribution in [-0.2, 0) is 9.53 Å². The molecule has 0 aromatic carbocycles. The summed E-state index contributed by atoms with van der Waals surface area (Å²) >= 11 is 0. The Morgan fingerprint density at radius 2 is 1.53 bits per heavy atom. The van der Waals surface area contributed by atoms with Crippen LogP contribution in [0.2, 0.25) is 0 Å². The summed E-state index contributed by atoms with van der Waals surface area (Å²) in [6.45, 7) is 11.0. The van der Waals surface area contributed by atoms with Gasteiger partial charge in [0.05, 0.1) is 0 Å². The molecule has 5 nitrogen and oxygen atoms in total. The summed E-state index contributed by atoms with van der Waals surface area (Å²) in [5, 5.41) is 0. The molecule has 0 aromatic rings. The molecule has 0 rings (SSSR count). The second kappa shape index (κ2) is 8.02. The number of hydrogen-bond acceptors (Lipinski definition) is 3. The second-order valence-electron chi connectivity index (χ2n) is 5.72. The first-order chi connectivity index (χ1) is 8.71. The highest BCUT2D eigenvalue weighted by Crippen LogP contribution is 2.09. The Morgan fingerprint density at radius 3 is 1.89 bits per heavy atom. The number of ether oxygens (including phenoxy) is 1. The monoisotopic (exact) mass is 272 g/mol. The molecule has 0 N–H and O–H groups in total. The molecule has 2 amide bonds. The smallest absolute Gasteiger partial charge is 0.410 e. The largest absolute Gasteiger partial charge is 0.444 e. The summed E-state index contributed by atoms with van der Waals surface area (Å²) < 4.78 is 5.22. The van der Waals surface area contributed by atoms with E-state index in [0.717, 1.165) is 25.9 Å². The van der Waals surface area contributed by atoms with Crippen molar-refractivity contribution in [1.29, 1.82) is 0 Å². The molecule has 0 aliphatic carbocycles. The number of likely N-dealkylation sites (N-methyl/N-ethyl adjacent to an activating group) is 1. The summed E-state index contributed by atoms with van der Waals surface area (Å²) in [4.78, 5) is 27.0. The molecule has 112 valence electrons. The van der Waals surface area contributed by atoms with Gasteiger partial charge in [-0.2, -0.15) is 0 Å². The molecule has 0 aliphatic heterocycles. The molecule has 0 aromatic heterocycles. The van der Waals surface area contributed by atoms with Crippen molar-refractivity contribution in [3.05, 3.63) is 0 Å². The third-order valence-electron chi connectivity index (χ3n) is 2.42. The molecule has 0 unspecified atom stereocenters. The average molecular weight is 272 g/mol. The van der Waals surface area contributed by atoms with Crippen molar-refractivity contribution in [2.45, 2.75) is 53.1 Å². The Kier molecular flexibility index (Phi) is 7.49. The van der Waals surface area contributed by atoms with Gasteiger partial charge >= 0.3 is 6.09 Å².